The van der Waals surface area contributed by atoms with Crippen molar-refractivity contribution in [1.82, 2.24) is 4.57 Å². The van der Waals surface area contributed by atoms with Gasteiger partial charge in [-0.25, -0.2) is 9.79 Å². The highest BCUT2D eigenvalue weighted by atomic mass is 35.5. The molecule has 0 amide bonds. The van der Waals surface area contributed by atoms with Crippen molar-refractivity contribution in [3.63, 3.8) is 0 Å². The van der Waals surface area contributed by atoms with Gasteiger partial charge in [-0.15, -0.1) is 0 Å². The van der Waals surface area contributed by atoms with Gasteiger partial charge >= 0.3 is 5.97 Å². The zero-order valence-electron chi connectivity index (χ0n) is 22.1. The Morgan fingerprint density at radius 1 is 1.02 bits per heavy atom. The van der Waals surface area contributed by atoms with Crippen molar-refractivity contribution in [1.29, 1.82) is 0 Å². The number of hydrogen-bond donors (Lipinski definition) is 0. The quantitative estimate of drug-likeness (QED) is 0.236. The number of halogens is 3. The highest BCUT2D eigenvalue weighted by Gasteiger charge is 2.35. The van der Waals surface area contributed by atoms with Crippen LogP contribution in [0.2, 0.25) is 15.1 Å². The first-order valence-electron chi connectivity index (χ1n) is 12.3. The van der Waals surface area contributed by atoms with Crippen LogP contribution in [0.1, 0.15) is 29.7 Å². The normalized spacial score (nSPS) is 14.9. The van der Waals surface area contributed by atoms with Gasteiger partial charge in [0.2, 0.25) is 0 Å². The number of rotatable bonds is 7. The summed E-state index contributed by atoms with van der Waals surface area (Å²) in [5, 5.41) is 1.39. The first kappa shape index (κ1) is 29.0. The molecule has 0 radical (unpaired) electrons. The van der Waals surface area contributed by atoms with E-state index in [1.807, 2.05) is 30.3 Å². The molecule has 0 saturated carbocycles. The van der Waals surface area contributed by atoms with E-state index in [0.717, 1.165) is 11.1 Å². The lowest BCUT2D eigenvalue weighted by Gasteiger charge is -2.25. The minimum atomic E-state index is -0.841. The summed E-state index contributed by atoms with van der Waals surface area (Å²) in [6.45, 7) is 2.04. The number of ether oxygens (including phenoxy) is 3. The fourth-order valence-corrected chi connectivity index (χ4v) is 6.06. The number of hydrogen-bond acceptors (Lipinski definition) is 7. The van der Waals surface area contributed by atoms with Crippen molar-refractivity contribution in [2.24, 2.45) is 4.99 Å². The van der Waals surface area contributed by atoms with Crippen molar-refractivity contribution in [3.8, 4) is 11.5 Å². The van der Waals surface area contributed by atoms with Crippen LogP contribution in [0.3, 0.4) is 0 Å². The molecule has 210 valence electrons. The fourth-order valence-electron chi connectivity index (χ4n) is 4.51. The van der Waals surface area contributed by atoms with E-state index in [0.29, 0.717) is 53.8 Å². The Kier molecular flexibility index (Phi) is 8.56. The average Bonchev–Trinajstić information content (AvgIpc) is 3.27. The number of thiazole rings is 1. The van der Waals surface area contributed by atoms with Gasteiger partial charge in [0.1, 0.15) is 24.1 Å². The predicted octanol–water partition coefficient (Wildman–Crippen LogP) is 5.96. The summed E-state index contributed by atoms with van der Waals surface area (Å²) in [5.74, 6) is 0.534. The minimum absolute atomic E-state index is 0.232. The molecule has 11 heteroatoms. The van der Waals surface area contributed by atoms with E-state index >= 15 is 0 Å². The second-order valence-electron chi connectivity index (χ2n) is 9.07. The lowest BCUT2D eigenvalue weighted by atomic mass is 9.95. The Hall–Kier alpha value is -3.56. The number of nitrogens with zero attached hydrogens (tertiary/aromatic N) is 2. The number of aromatic nitrogens is 1. The molecule has 0 N–H and O–H groups in total. The van der Waals surface area contributed by atoms with Gasteiger partial charge < -0.3 is 14.2 Å². The molecule has 0 unspecified atom stereocenters. The maximum absolute atomic E-state index is 13.8. The van der Waals surface area contributed by atoms with Gasteiger partial charge in [0.15, 0.2) is 4.80 Å². The minimum Gasteiger partial charge on any atom is -0.496 e. The highest BCUT2D eigenvalue weighted by molar-refractivity contribution is 7.07. The van der Waals surface area contributed by atoms with Gasteiger partial charge in [0.25, 0.3) is 5.56 Å². The maximum atomic E-state index is 13.8. The molecule has 5 rings (SSSR count). The molecule has 7 nitrogen and oxygen atoms in total. The molecule has 1 atom stereocenters. The number of esters is 1. The third-order valence-electron chi connectivity index (χ3n) is 6.48. The predicted molar refractivity (Wildman–Crippen MR) is 161 cm³/mol. The summed E-state index contributed by atoms with van der Waals surface area (Å²) in [6, 6.07) is 16.9. The third-order valence-corrected chi connectivity index (χ3v) is 8.44. The summed E-state index contributed by atoms with van der Waals surface area (Å²) in [7, 11) is 2.81. The summed E-state index contributed by atoms with van der Waals surface area (Å²) in [5.41, 5.74) is 2.59. The van der Waals surface area contributed by atoms with E-state index in [2.05, 4.69) is 4.99 Å². The molecular weight excluding hydrogens is 607 g/mol. The van der Waals surface area contributed by atoms with Gasteiger partial charge in [0.05, 0.1) is 40.1 Å². The van der Waals surface area contributed by atoms with E-state index in [4.69, 9.17) is 49.0 Å². The Labute approximate surface area is 254 Å². The topological polar surface area (TPSA) is 79.1 Å². The molecule has 0 bridgehead atoms. The number of carbonyl (C=O) groups is 1. The molecule has 0 saturated heterocycles. The largest absolute Gasteiger partial charge is 0.496 e. The molecule has 1 aliphatic rings. The van der Waals surface area contributed by atoms with E-state index in [1.54, 1.807) is 43.3 Å². The highest BCUT2D eigenvalue weighted by Crippen LogP contribution is 2.37. The molecule has 4 aromatic rings. The first-order chi connectivity index (χ1) is 19.7. The smallest absolute Gasteiger partial charge is 0.338 e. The summed E-state index contributed by atoms with van der Waals surface area (Å²) < 4.78 is 18.4. The van der Waals surface area contributed by atoms with Crippen LogP contribution in [0.4, 0.5) is 0 Å². The van der Waals surface area contributed by atoms with E-state index in [9.17, 15) is 9.59 Å². The molecule has 2 heterocycles. The second-order valence-corrected chi connectivity index (χ2v) is 11.3. The van der Waals surface area contributed by atoms with Gasteiger partial charge in [0, 0.05) is 10.6 Å². The van der Waals surface area contributed by atoms with Crippen molar-refractivity contribution < 1.29 is 19.0 Å². The van der Waals surface area contributed by atoms with E-state index < -0.39 is 12.0 Å². The number of methoxy groups -OCH3 is 2. The third kappa shape index (κ3) is 5.92. The van der Waals surface area contributed by atoms with Crippen molar-refractivity contribution >= 4 is 58.2 Å². The molecule has 1 aliphatic heterocycles. The Bertz CT molecular complexity index is 1860. The standard InChI is InChI=1S/C30H23Cl3N2O5S/c1-16-26(29(37)39-3)27(21-14-19(31)7-11-24(21)38-2)35-28(36)25(41-30(35)34-16)13-17-4-8-20(9-5-17)40-15-18-6-10-22(32)23(33)12-18/h4-14,27H,15H2,1-3H3/b25-13-/t27-/m1/s1. The van der Waals surface area contributed by atoms with Crippen molar-refractivity contribution in [2.45, 2.75) is 19.6 Å². The maximum Gasteiger partial charge on any atom is 0.338 e. The first-order valence-corrected chi connectivity index (χ1v) is 14.3. The molecule has 0 fully saturated rings. The van der Waals surface area contributed by atoms with Crippen LogP contribution in [-0.2, 0) is 16.1 Å². The molecule has 0 aliphatic carbocycles. The number of fused-ring (bicyclic) bond motifs is 1. The SMILES string of the molecule is COC(=O)C1=C(C)N=c2s/c(=C\c3ccc(OCc4ccc(Cl)c(Cl)c4)cc3)c(=O)n2[C@@H]1c1cc(Cl)ccc1OC. The summed E-state index contributed by atoms with van der Waals surface area (Å²) in [4.78, 5) is 31.8. The lowest BCUT2D eigenvalue weighted by molar-refractivity contribution is -0.136. The second kappa shape index (κ2) is 12.1. The van der Waals surface area contributed by atoms with Crippen molar-refractivity contribution in [3.05, 3.63) is 123 Å². The zero-order valence-corrected chi connectivity index (χ0v) is 25.2. The van der Waals surface area contributed by atoms with Crippen LogP contribution in [0.15, 0.2) is 81.7 Å². The van der Waals surface area contributed by atoms with Crippen LogP contribution in [0, 0.1) is 0 Å². The monoisotopic (exact) mass is 628 g/mol. The molecular formula is C30H23Cl3N2O5S. The molecule has 0 spiro atoms. The molecule has 1 aromatic heterocycles. The lowest BCUT2D eigenvalue weighted by Crippen LogP contribution is -2.40. The van der Waals surface area contributed by atoms with E-state index in [1.165, 1.54) is 30.1 Å². The van der Waals surface area contributed by atoms with Crippen LogP contribution >= 0.6 is 46.1 Å². The van der Waals surface area contributed by atoms with Gasteiger partial charge in [-0.2, -0.15) is 0 Å². The Morgan fingerprint density at radius 3 is 2.46 bits per heavy atom. The number of allylic oxidation sites excluding steroid dienone is 1. The van der Waals surface area contributed by atoms with Crippen molar-refractivity contribution in [2.75, 3.05) is 14.2 Å². The van der Waals surface area contributed by atoms with Gasteiger partial charge in [-0.3, -0.25) is 9.36 Å². The van der Waals surface area contributed by atoms with Crippen LogP contribution in [0.5, 0.6) is 11.5 Å². The van der Waals surface area contributed by atoms with E-state index in [-0.39, 0.29) is 11.1 Å². The molecule has 41 heavy (non-hydrogen) atoms. The average molecular weight is 630 g/mol. The van der Waals surface area contributed by atoms with Crippen LogP contribution in [0.25, 0.3) is 6.08 Å². The Balaban J connectivity index is 1.51. The van der Waals surface area contributed by atoms with Crippen LogP contribution < -0.4 is 24.4 Å². The number of benzene rings is 3. The molecule has 3 aromatic carbocycles. The summed E-state index contributed by atoms with van der Waals surface area (Å²) in [6.07, 6.45) is 1.77. The van der Waals surface area contributed by atoms with Gasteiger partial charge in [-0.05, 0) is 66.6 Å². The fraction of sp³-hybridized carbons (Fsp3) is 0.167. The number of carbonyl (C=O) groups excluding carboxylic acids is 1. The van der Waals surface area contributed by atoms with Crippen LogP contribution in [-0.4, -0.2) is 24.8 Å². The zero-order chi connectivity index (χ0) is 29.3. The Morgan fingerprint density at radius 2 is 1.78 bits per heavy atom. The summed E-state index contributed by atoms with van der Waals surface area (Å²) >= 11 is 19.6. The van der Waals surface area contributed by atoms with Gasteiger partial charge in [-0.1, -0.05) is 64.3 Å².